The van der Waals surface area contributed by atoms with Crippen molar-refractivity contribution in [2.24, 2.45) is 0 Å². The van der Waals surface area contributed by atoms with Crippen molar-refractivity contribution in [3.63, 3.8) is 0 Å². The fourth-order valence-corrected chi connectivity index (χ4v) is 6.82. The second-order valence-electron chi connectivity index (χ2n) is 9.63. The first kappa shape index (κ1) is 23.6. The molecule has 9 nitrogen and oxygen atoms in total. The van der Waals surface area contributed by atoms with Gasteiger partial charge in [-0.1, -0.05) is 0 Å². The Morgan fingerprint density at radius 1 is 1.16 bits per heavy atom. The molecule has 0 aliphatic carbocycles. The van der Waals surface area contributed by atoms with Crippen LogP contribution in [0.15, 0.2) is 24.5 Å². The normalized spacial score (nSPS) is 20.1. The number of piperazine rings is 1. The number of alkyl halides is 3. The molecule has 6 heterocycles. The molecule has 2 N–H and O–H groups in total. The molecular weight excluding hydrogens is 519 g/mol. The van der Waals surface area contributed by atoms with Gasteiger partial charge < -0.3 is 19.7 Å². The van der Waals surface area contributed by atoms with Crippen LogP contribution in [0.2, 0.25) is 0 Å². The van der Waals surface area contributed by atoms with Crippen LogP contribution in [0.3, 0.4) is 0 Å². The van der Waals surface area contributed by atoms with Gasteiger partial charge in [-0.3, -0.25) is 10.1 Å². The summed E-state index contributed by atoms with van der Waals surface area (Å²) < 4.78 is 55.0. The Kier molecular flexibility index (Phi) is 5.26. The number of anilines is 1. The maximum atomic E-state index is 14.4. The van der Waals surface area contributed by atoms with Crippen LogP contribution in [-0.4, -0.2) is 70.6 Å². The third-order valence-electron chi connectivity index (χ3n) is 7.15. The van der Waals surface area contributed by atoms with E-state index < -0.39 is 11.7 Å². The number of aryl methyl sites for hydroxylation is 1. The van der Waals surface area contributed by atoms with E-state index in [2.05, 4.69) is 30.4 Å². The van der Waals surface area contributed by atoms with E-state index in [0.717, 1.165) is 10.8 Å². The van der Waals surface area contributed by atoms with E-state index in [1.54, 1.807) is 6.20 Å². The Balaban J connectivity index is 1.52. The summed E-state index contributed by atoms with van der Waals surface area (Å²) >= 11 is 1.29. The summed E-state index contributed by atoms with van der Waals surface area (Å²) in [5, 5.41) is 12.3. The van der Waals surface area contributed by atoms with E-state index in [0.29, 0.717) is 52.6 Å². The van der Waals surface area contributed by atoms with Crippen LogP contribution in [0.1, 0.15) is 11.1 Å². The molecule has 2 atom stereocenters. The predicted octanol–water partition coefficient (Wildman–Crippen LogP) is 4.30. The van der Waals surface area contributed by atoms with Gasteiger partial charge in [-0.15, -0.1) is 11.3 Å². The molecule has 7 rings (SSSR count). The maximum absolute atomic E-state index is 14.4. The smallest absolute Gasteiger partial charge is 0.417 e. The number of methoxy groups -OCH3 is 1. The maximum Gasteiger partial charge on any atom is 0.417 e. The summed E-state index contributed by atoms with van der Waals surface area (Å²) in [6, 6.07) is 3.79. The van der Waals surface area contributed by atoms with E-state index in [1.807, 2.05) is 6.07 Å². The fourth-order valence-electron chi connectivity index (χ4n) is 5.67. The van der Waals surface area contributed by atoms with Gasteiger partial charge in [0.2, 0.25) is 0 Å². The molecule has 4 aromatic heterocycles. The molecule has 2 aliphatic rings. The number of hydrogen-bond donors (Lipinski definition) is 2. The summed E-state index contributed by atoms with van der Waals surface area (Å²) in [7, 11) is 1.50. The molecule has 0 saturated carbocycles. The van der Waals surface area contributed by atoms with Gasteiger partial charge in [0, 0.05) is 47.7 Å². The Hall–Kier alpha value is -3.55. The van der Waals surface area contributed by atoms with E-state index >= 15 is 0 Å². The van der Waals surface area contributed by atoms with Crippen molar-refractivity contribution in [1.29, 1.82) is 0 Å². The number of benzene rings is 1. The van der Waals surface area contributed by atoms with Crippen LogP contribution in [0.5, 0.6) is 6.01 Å². The number of morpholine rings is 1. The Labute approximate surface area is 218 Å². The lowest BCUT2D eigenvalue weighted by Gasteiger charge is -2.42. The largest absolute Gasteiger partial charge is 0.467 e. The summed E-state index contributed by atoms with van der Waals surface area (Å²) in [6.07, 6.45) is -1.62. The zero-order valence-electron chi connectivity index (χ0n) is 20.4. The SMILES string of the molecule is COc1nc(N2CC3COCC(C2)N3)c2c(n1)sc1c(-c3c(C(F)(F)F)c(C)cc4[nH]ncc34)nccc12. The van der Waals surface area contributed by atoms with E-state index in [4.69, 9.17) is 14.5 Å². The van der Waals surface area contributed by atoms with Crippen molar-refractivity contribution in [3.8, 4) is 17.3 Å². The van der Waals surface area contributed by atoms with Crippen LogP contribution in [0, 0.1) is 6.92 Å². The van der Waals surface area contributed by atoms with E-state index in [9.17, 15) is 13.2 Å². The quantitative estimate of drug-likeness (QED) is 0.349. The lowest BCUT2D eigenvalue weighted by atomic mass is 9.94. The van der Waals surface area contributed by atoms with Gasteiger partial charge in [0.25, 0.3) is 0 Å². The van der Waals surface area contributed by atoms with Crippen molar-refractivity contribution in [3.05, 3.63) is 35.7 Å². The minimum Gasteiger partial charge on any atom is -0.467 e. The van der Waals surface area contributed by atoms with Gasteiger partial charge in [-0.2, -0.15) is 28.2 Å². The fraction of sp³-hybridized carbons (Fsp3) is 0.360. The molecule has 0 radical (unpaired) electrons. The van der Waals surface area contributed by atoms with Gasteiger partial charge in [0.05, 0.1) is 53.4 Å². The number of fused-ring (bicyclic) bond motifs is 6. The summed E-state index contributed by atoms with van der Waals surface area (Å²) in [5.74, 6) is 0.697. The van der Waals surface area contributed by atoms with Crippen molar-refractivity contribution in [1.82, 2.24) is 30.5 Å². The monoisotopic (exact) mass is 541 g/mol. The average Bonchev–Trinajstić information content (AvgIpc) is 3.50. The summed E-state index contributed by atoms with van der Waals surface area (Å²) in [4.78, 5) is 16.6. The van der Waals surface area contributed by atoms with Crippen LogP contribution < -0.4 is 15.0 Å². The third kappa shape index (κ3) is 3.60. The standard InChI is InChI=1S/C25H22F3N7O2S/c1-11-5-16-15(6-30-34-16)17(19(11)25(26,27)28)20-21-14(3-4-29-20)18-22(32-24(36-2)33-23(18)38-21)35-7-12-9-37-10-13(8-35)31-12/h3-6,12-13,31H,7-10H2,1-2H3,(H,30,34). The van der Waals surface area contributed by atoms with Crippen LogP contribution in [-0.2, 0) is 10.9 Å². The number of H-pyrrole nitrogens is 1. The molecule has 2 bridgehead atoms. The first-order chi connectivity index (χ1) is 18.3. The van der Waals surface area contributed by atoms with Crippen molar-refractivity contribution in [2.75, 3.05) is 38.3 Å². The van der Waals surface area contributed by atoms with Gasteiger partial charge in [0.15, 0.2) is 0 Å². The molecule has 2 saturated heterocycles. The molecular formula is C25H22F3N7O2S. The number of halogens is 3. The number of nitrogens with one attached hydrogen (secondary N) is 2. The topological polar surface area (TPSA) is 101 Å². The van der Waals surface area contributed by atoms with Gasteiger partial charge >= 0.3 is 12.2 Å². The second kappa shape index (κ2) is 8.48. The molecule has 2 fully saturated rings. The number of hydrogen-bond acceptors (Lipinski definition) is 9. The molecule has 5 aromatic rings. The minimum atomic E-state index is -4.58. The highest BCUT2D eigenvalue weighted by molar-refractivity contribution is 7.26. The first-order valence-electron chi connectivity index (χ1n) is 12.1. The number of aromatic nitrogens is 5. The molecule has 196 valence electrons. The second-order valence-corrected chi connectivity index (χ2v) is 10.6. The zero-order valence-corrected chi connectivity index (χ0v) is 21.2. The Bertz CT molecular complexity index is 1700. The highest BCUT2D eigenvalue weighted by Crippen LogP contribution is 2.48. The first-order valence-corrected chi connectivity index (χ1v) is 12.9. The lowest BCUT2D eigenvalue weighted by Crippen LogP contribution is -2.63. The highest BCUT2D eigenvalue weighted by atomic mass is 32.1. The Morgan fingerprint density at radius 3 is 2.68 bits per heavy atom. The van der Waals surface area contributed by atoms with Crippen LogP contribution >= 0.6 is 11.3 Å². The average molecular weight is 542 g/mol. The van der Waals surface area contributed by atoms with Crippen LogP contribution in [0.4, 0.5) is 19.0 Å². The van der Waals surface area contributed by atoms with E-state index in [1.165, 1.54) is 37.6 Å². The van der Waals surface area contributed by atoms with Crippen molar-refractivity contribution < 1.29 is 22.6 Å². The van der Waals surface area contributed by atoms with Gasteiger partial charge in [-0.05, 0) is 24.6 Å². The molecule has 13 heteroatoms. The molecule has 0 spiro atoms. The van der Waals surface area contributed by atoms with Crippen molar-refractivity contribution in [2.45, 2.75) is 25.2 Å². The number of rotatable bonds is 3. The molecule has 1 aromatic carbocycles. The number of aromatic amines is 1. The van der Waals surface area contributed by atoms with Gasteiger partial charge in [-0.25, -0.2) is 0 Å². The Morgan fingerprint density at radius 2 is 1.95 bits per heavy atom. The summed E-state index contributed by atoms with van der Waals surface area (Å²) in [5.41, 5.74) is 0.142. The highest BCUT2D eigenvalue weighted by Gasteiger charge is 2.38. The number of thiophene rings is 1. The van der Waals surface area contributed by atoms with Gasteiger partial charge in [0.1, 0.15) is 10.6 Å². The number of pyridine rings is 1. The van der Waals surface area contributed by atoms with E-state index in [-0.39, 0.29) is 34.9 Å². The number of nitrogens with zero attached hydrogens (tertiary/aromatic N) is 5. The lowest BCUT2D eigenvalue weighted by molar-refractivity contribution is -0.137. The predicted molar refractivity (Wildman–Crippen MR) is 138 cm³/mol. The van der Waals surface area contributed by atoms with Crippen molar-refractivity contribution >= 4 is 48.4 Å². The molecule has 2 aliphatic heterocycles. The minimum absolute atomic E-state index is 0.00809. The summed E-state index contributed by atoms with van der Waals surface area (Å²) in [6.45, 7) is 4.01. The molecule has 38 heavy (non-hydrogen) atoms. The van der Waals surface area contributed by atoms with Crippen LogP contribution in [0.25, 0.3) is 42.5 Å². The zero-order chi connectivity index (χ0) is 26.2. The third-order valence-corrected chi connectivity index (χ3v) is 8.25. The number of ether oxygens (including phenoxy) is 2. The molecule has 2 unspecified atom stereocenters. The molecule has 0 amide bonds.